The number of hydrogen-bond acceptors (Lipinski definition) is 2. The number of phenolic OH excluding ortho intramolecular Hbond substituents is 1. The van der Waals surface area contributed by atoms with Gasteiger partial charge < -0.3 is 15.2 Å². The lowest BCUT2D eigenvalue weighted by Crippen LogP contribution is -1.99. The molecule has 0 saturated heterocycles. The Bertz CT molecular complexity index is 487. The summed E-state index contributed by atoms with van der Waals surface area (Å²) in [5, 5.41) is 18.8. The molecule has 0 unspecified atom stereocenters. The molecule has 0 radical (unpaired) electrons. The first kappa shape index (κ1) is 8.62. The highest BCUT2D eigenvalue weighted by molar-refractivity contribution is 5.87. The van der Waals surface area contributed by atoms with Gasteiger partial charge in [0, 0.05) is 17.1 Å². The molecule has 0 atom stereocenters. The third-order valence-electron chi connectivity index (χ3n) is 2.06. The lowest BCUT2D eigenvalue weighted by Gasteiger charge is -2.00. The number of phenols is 1. The number of fused-ring (bicyclic) bond motifs is 1. The number of aromatic nitrogens is 1. The van der Waals surface area contributed by atoms with Gasteiger partial charge in [0.15, 0.2) is 0 Å². The normalized spacial score (nSPS) is 10.6. The summed E-state index contributed by atoms with van der Waals surface area (Å²) in [7, 11) is 0. The molecule has 2 aromatic rings. The molecule has 0 aliphatic heterocycles. The van der Waals surface area contributed by atoms with Gasteiger partial charge in [-0.2, -0.15) is 0 Å². The van der Waals surface area contributed by atoms with Crippen molar-refractivity contribution in [2.24, 2.45) is 0 Å². The van der Waals surface area contributed by atoms with E-state index in [1.54, 1.807) is 18.3 Å². The van der Waals surface area contributed by atoms with Gasteiger partial charge in [-0.15, -0.1) is 0 Å². The van der Waals surface area contributed by atoms with Crippen LogP contribution in [0, 0.1) is 0 Å². The first-order valence-corrected chi connectivity index (χ1v) is 4.17. The lowest BCUT2D eigenvalue weighted by molar-refractivity contribution is -0.136. The van der Waals surface area contributed by atoms with Crippen LogP contribution < -0.4 is 0 Å². The molecule has 1 aromatic heterocycles. The van der Waals surface area contributed by atoms with Crippen LogP contribution in [-0.2, 0) is 11.2 Å². The van der Waals surface area contributed by atoms with Crippen molar-refractivity contribution in [1.29, 1.82) is 0 Å². The fourth-order valence-electron chi connectivity index (χ4n) is 1.48. The maximum absolute atomic E-state index is 10.5. The molecule has 1 aromatic carbocycles. The Kier molecular flexibility index (Phi) is 1.89. The lowest BCUT2D eigenvalue weighted by atomic mass is 10.1. The number of rotatable bonds is 2. The molecular weight excluding hydrogens is 182 g/mol. The van der Waals surface area contributed by atoms with E-state index in [9.17, 15) is 9.90 Å². The number of carboxylic acids is 1. The summed E-state index contributed by atoms with van der Waals surface area (Å²) in [5.41, 5.74) is 1.34. The zero-order valence-corrected chi connectivity index (χ0v) is 7.32. The number of benzene rings is 1. The molecule has 1 heterocycles. The monoisotopic (exact) mass is 191 g/mol. The second kappa shape index (κ2) is 3.06. The van der Waals surface area contributed by atoms with Crippen molar-refractivity contribution < 1.29 is 15.0 Å². The summed E-state index contributed by atoms with van der Waals surface area (Å²) >= 11 is 0. The highest BCUT2D eigenvalue weighted by Crippen LogP contribution is 2.25. The van der Waals surface area contributed by atoms with Crippen LogP contribution >= 0.6 is 0 Å². The van der Waals surface area contributed by atoms with Crippen LogP contribution in [0.5, 0.6) is 5.75 Å². The Hall–Kier alpha value is -1.97. The quantitative estimate of drug-likeness (QED) is 0.673. The summed E-state index contributed by atoms with van der Waals surface area (Å²) < 4.78 is 0. The Morgan fingerprint density at radius 3 is 2.93 bits per heavy atom. The van der Waals surface area contributed by atoms with E-state index in [0.29, 0.717) is 10.9 Å². The molecule has 4 nitrogen and oxygen atoms in total. The molecule has 0 amide bonds. The van der Waals surface area contributed by atoms with E-state index in [4.69, 9.17) is 5.11 Å². The van der Waals surface area contributed by atoms with Gasteiger partial charge in [0.1, 0.15) is 5.75 Å². The summed E-state index contributed by atoms with van der Waals surface area (Å²) in [5.74, 6) is -0.796. The SMILES string of the molecule is O=C(O)Cc1cc(O)c2cc[nH]c2c1. The van der Waals surface area contributed by atoms with Crippen LogP contribution in [0.1, 0.15) is 5.56 Å². The number of aliphatic carboxylic acids is 1. The molecule has 3 N–H and O–H groups in total. The van der Waals surface area contributed by atoms with Crippen LogP contribution in [0.3, 0.4) is 0 Å². The molecule has 0 aliphatic rings. The van der Waals surface area contributed by atoms with Crippen LogP contribution in [0.15, 0.2) is 24.4 Å². The van der Waals surface area contributed by atoms with E-state index in [-0.39, 0.29) is 12.2 Å². The molecule has 0 fully saturated rings. The largest absolute Gasteiger partial charge is 0.507 e. The van der Waals surface area contributed by atoms with Gasteiger partial charge in [0.05, 0.1) is 6.42 Å². The topological polar surface area (TPSA) is 73.3 Å². The van der Waals surface area contributed by atoms with E-state index >= 15 is 0 Å². The van der Waals surface area contributed by atoms with Crippen molar-refractivity contribution in [1.82, 2.24) is 4.98 Å². The van der Waals surface area contributed by atoms with E-state index < -0.39 is 5.97 Å². The van der Waals surface area contributed by atoms with Gasteiger partial charge in [-0.05, 0) is 23.8 Å². The van der Waals surface area contributed by atoms with Crippen molar-refractivity contribution in [3.05, 3.63) is 30.0 Å². The van der Waals surface area contributed by atoms with Gasteiger partial charge in [-0.25, -0.2) is 0 Å². The molecule has 4 heteroatoms. The fraction of sp³-hybridized carbons (Fsp3) is 0.100. The van der Waals surface area contributed by atoms with Crippen molar-refractivity contribution >= 4 is 16.9 Å². The third kappa shape index (κ3) is 1.42. The maximum atomic E-state index is 10.5. The number of nitrogens with one attached hydrogen (secondary N) is 1. The number of carboxylic acid groups (broad SMARTS) is 1. The number of carbonyl (C=O) groups is 1. The fourth-order valence-corrected chi connectivity index (χ4v) is 1.48. The molecule has 72 valence electrons. The van der Waals surface area contributed by atoms with Crippen LogP contribution in [0.4, 0.5) is 0 Å². The van der Waals surface area contributed by atoms with Crippen molar-refractivity contribution in [3.63, 3.8) is 0 Å². The minimum Gasteiger partial charge on any atom is -0.507 e. The highest BCUT2D eigenvalue weighted by Gasteiger charge is 2.06. The maximum Gasteiger partial charge on any atom is 0.307 e. The number of H-pyrrole nitrogens is 1. The zero-order chi connectivity index (χ0) is 10.1. The van der Waals surface area contributed by atoms with Crippen molar-refractivity contribution in [2.75, 3.05) is 0 Å². The second-order valence-corrected chi connectivity index (χ2v) is 3.12. The molecule has 0 aliphatic carbocycles. The highest BCUT2D eigenvalue weighted by atomic mass is 16.4. The minimum absolute atomic E-state index is 0.0808. The third-order valence-corrected chi connectivity index (χ3v) is 2.06. The van der Waals surface area contributed by atoms with Crippen LogP contribution in [-0.4, -0.2) is 21.2 Å². The van der Waals surface area contributed by atoms with E-state index in [1.165, 1.54) is 6.07 Å². The van der Waals surface area contributed by atoms with E-state index in [1.807, 2.05) is 0 Å². The second-order valence-electron chi connectivity index (χ2n) is 3.12. The Labute approximate surface area is 79.8 Å². The Morgan fingerprint density at radius 1 is 1.43 bits per heavy atom. The summed E-state index contributed by atoms with van der Waals surface area (Å²) in [6.07, 6.45) is 1.62. The molecule has 0 bridgehead atoms. The predicted molar refractivity (Wildman–Crippen MR) is 51.3 cm³/mol. The van der Waals surface area contributed by atoms with Crippen molar-refractivity contribution in [2.45, 2.75) is 6.42 Å². The molecular formula is C10H9NO3. The standard InChI is InChI=1S/C10H9NO3/c12-9-4-6(5-10(13)14)3-8-7(9)1-2-11-8/h1-4,11-12H,5H2,(H,13,14). The zero-order valence-electron chi connectivity index (χ0n) is 7.32. The Balaban J connectivity index is 2.53. The van der Waals surface area contributed by atoms with Gasteiger partial charge in [0.2, 0.25) is 0 Å². The van der Waals surface area contributed by atoms with Gasteiger partial charge in [-0.3, -0.25) is 4.79 Å². The minimum atomic E-state index is -0.907. The average molecular weight is 191 g/mol. The van der Waals surface area contributed by atoms with Crippen LogP contribution in [0.25, 0.3) is 10.9 Å². The first-order valence-electron chi connectivity index (χ1n) is 4.17. The molecule has 2 rings (SSSR count). The number of hydrogen-bond donors (Lipinski definition) is 3. The predicted octanol–water partition coefficient (Wildman–Crippen LogP) is 1.50. The van der Waals surface area contributed by atoms with Crippen LogP contribution in [0.2, 0.25) is 0 Å². The van der Waals surface area contributed by atoms with E-state index in [0.717, 1.165) is 5.52 Å². The number of aromatic amines is 1. The number of aromatic hydroxyl groups is 1. The Morgan fingerprint density at radius 2 is 2.21 bits per heavy atom. The summed E-state index contributed by atoms with van der Waals surface area (Å²) in [6.45, 7) is 0. The summed E-state index contributed by atoms with van der Waals surface area (Å²) in [6, 6.07) is 4.95. The van der Waals surface area contributed by atoms with Gasteiger partial charge in [-0.1, -0.05) is 0 Å². The summed E-state index contributed by atoms with van der Waals surface area (Å²) in [4.78, 5) is 13.4. The first-order chi connectivity index (χ1) is 6.66. The van der Waals surface area contributed by atoms with Gasteiger partial charge in [0.25, 0.3) is 0 Å². The average Bonchev–Trinajstić information content (AvgIpc) is 2.50. The molecule has 14 heavy (non-hydrogen) atoms. The molecule has 0 spiro atoms. The van der Waals surface area contributed by atoms with Crippen molar-refractivity contribution in [3.8, 4) is 5.75 Å². The van der Waals surface area contributed by atoms with Gasteiger partial charge >= 0.3 is 5.97 Å². The van der Waals surface area contributed by atoms with E-state index in [2.05, 4.69) is 4.98 Å². The smallest absolute Gasteiger partial charge is 0.307 e. The molecule has 0 saturated carbocycles.